The minimum atomic E-state index is -0.512. The first kappa shape index (κ1) is 14.0. The summed E-state index contributed by atoms with van der Waals surface area (Å²) in [5.74, 6) is -0.413. The fourth-order valence-corrected chi connectivity index (χ4v) is 1.90. The van der Waals surface area contributed by atoms with E-state index < -0.39 is 12.1 Å². The molecule has 1 aromatic heterocycles. The SMILES string of the molecule is C=C(C)C(=O)OC(c1ccccn1)c1ccccc1C. The van der Waals surface area contributed by atoms with Crippen LogP contribution in [0.4, 0.5) is 0 Å². The molecule has 2 rings (SSSR count). The molecule has 0 saturated heterocycles. The molecule has 0 fully saturated rings. The molecule has 1 unspecified atom stereocenters. The van der Waals surface area contributed by atoms with E-state index in [-0.39, 0.29) is 0 Å². The van der Waals surface area contributed by atoms with Crippen LogP contribution in [0.3, 0.4) is 0 Å². The van der Waals surface area contributed by atoms with Crippen molar-refractivity contribution in [3.8, 4) is 0 Å². The van der Waals surface area contributed by atoms with Crippen molar-refractivity contribution in [3.05, 3.63) is 77.6 Å². The molecule has 0 spiro atoms. The van der Waals surface area contributed by atoms with Gasteiger partial charge >= 0.3 is 5.97 Å². The number of carbonyl (C=O) groups is 1. The van der Waals surface area contributed by atoms with Gasteiger partial charge in [0.15, 0.2) is 6.10 Å². The molecule has 3 nitrogen and oxygen atoms in total. The first-order chi connectivity index (χ1) is 9.59. The number of hydrogen-bond acceptors (Lipinski definition) is 3. The summed E-state index contributed by atoms with van der Waals surface area (Å²) < 4.78 is 5.56. The molecule has 0 aliphatic carbocycles. The number of ether oxygens (including phenoxy) is 1. The standard InChI is InChI=1S/C17H17NO2/c1-12(2)17(19)20-16(15-10-6-7-11-18-15)14-9-5-4-8-13(14)3/h4-11,16H,1H2,2-3H3. The highest BCUT2D eigenvalue weighted by atomic mass is 16.5. The molecule has 0 aliphatic heterocycles. The quantitative estimate of drug-likeness (QED) is 0.627. The highest BCUT2D eigenvalue weighted by molar-refractivity contribution is 5.87. The average Bonchev–Trinajstić information content (AvgIpc) is 2.46. The normalized spacial score (nSPS) is 11.7. The van der Waals surface area contributed by atoms with Crippen LogP contribution in [0.5, 0.6) is 0 Å². The maximum absolute atomic E-state index is 11.9. The second-order valence-electron chi connectivity index (χ2n) is 4.68. The lowest BCUT2D eigenvalue weighted by Gasteiger charge is -2.19. The van der Waals surface area contributed by atoms with E-state index in [1.807, 2.05) is 49.4 Å². The third-order valence-electron chi connectivity index (χ3n) is 3.00. The van der Waals surface area contributed by atoms with Gasteiger partial charge in [-0.05, 0) is 31.5 Å². The van der Waals surface area contributed by atoms with Crippen LogP contribution in [0.15, 0.2) is 60.8 Å². The number of pyridine rings is 1. The fourth-order valence-electron chi connectivity index (χ4n) is 1.90. The van der Waals surface area contributed by atoms with Gasteiger partial charge in [-0.15, -0.1) is 0 Å². The van der Waals surface area contributed by atoms with Crippen molar-refractivity contribution in [1.29, 1.82) is 0 Å². The van der Waals surface area contributed by atoms with Crippen molar-refractivity contribution in [2.24, 2.45) is 0 Å². The summed E-state index contributed by atoms with van der Waals surface area (Å²) >= 11 is 0. The molecule has 2 aromatic rings. The van der Waals surface area contributed by atoms with Gasteiger partial charge in [-0.1, -0.05) is 36.9 Å². The molecule has 0 bridgehead atoms. The number of carbonyl (C=O) groups excluding carboxylic acids is 1. The van der Waals surface area contributed by atoms with Crippen molar-refractivity contribution >= 4 is 5.97 Å². The van der Waals surface area contributed by atoms with E-state index in [0.29, 0.717) is 11.3 Å². The van der Waals surface area contributed by atoms with Gasteiger partial charge in [0.1, 0.15) is 0 Å². The Morgan fingerprint density at radius 2 is 1.90 bits per heavy atom. The summed E-state index contributed by atoms with van der Waals surface area (Å²) in [5, 5.41) is 0. The second-order valence-corrected chi connectivity index (χ2v) is 4.68. The smallest absolute Gasteiger partial charge is 0.334 e. The van der Waals surface area contributed by atoms with Crippen molar-refractivity contribution in [2.75, 3.05) is 0 Å². The zero-order valence-corrected chi connectivity index (χ0v) is 11.7. The molecule has 1 aromatic carbocycles. The largest absolute Gasteiger partial charge is 0.448 e. The molecule has 1 heterocycles. The van der Waals surface area contributed by atoms with Crippen molar-refractivity contribution in [2.45, 2.75) is 20.0 Å². The van der Waals surface area contributed by atoms with Gasteiger partial charge in [0.2, 0.25) is 0 Å². The van der Waals surface area contributed by atoms with Crippen LogP contribution in [0, 0.1) is 6.92 Å². The number of nitrogens with zero attached hydrogens (tertiary/aromatic N) is 1. The Kier molecular flexibility index (Phi) is 4.31. The molecule has 20 heavy (non-hydrogen) atoms. The van der Waals surface area contributed by atoms with Crippen molar-refractivity contribution < 1.29 is 9.53 Å². The molecule has 3 heteroatoms. The van der Waals surface area contributed by atoms with E-state index in [1.54, 1.807) is 13.1 Å². The van der Waals surface area contributed by atoms with Crippen LogP contribution in [0.25, 0.3) is 0 Å². The number of aryl methyl sites for hydroxylation is 1. The summed E-state index contributed by atoms with van der Waals surface area (Å²) in [6.07, 6.45) is 1.18. The van der Waals surface area contributed by atoms with Crippen molar-refractivity contribution in [3.63, 3.8) is 0 Å². The third-order valence-corrected chi connectivity index (χ3v) is 3.00. The summed E-state index contributed by atoms with van der Waals surface area (Å²) in [7, 11) is 0. The van der Waals surface area contributed by atoms with Crippen LogP contribution in [-0.4, -0.2) is 11.0 Å². The van der Waals surface area contributed by atoms with E-state index in [4.69, 9.17) is 4.74 Å². The summed E-state index contributed by atoms with van der Waals surface area (Å²) in [5.41, 5.74) is 3.06. The van der Waals surface area contributed by atoms with E-state index in [2.05, 4.69) is 11.6 Å². The lowest BCUT2D eigenvalue weighted by atomic mass is 10.0. The van der Waals surface area contributed by atoms with E-state index in [1.165, 1.54) is 0 Å². The highest BCUT2D eigenvalue weighted by Gasteiger charge is 2.21. The zero-order valence-electron chi connectivity index (χ0n) is 11.7. The molecule has 1 atom stereocenters. The van der Waals surface area contributed by atoms with Crippen molar-refractivity contribution in [1.82, 2.24) is 4.98 Å². The Bertz CT molecular complexity index is 620. The monoisotopic (exact) mass is 267 g/mol. The molecule has 0 aliphatic rings. The predicted octanol–water partition coefficient (Wildman–Crippen LogP) is 3.60. The Labute approximate surface area is 118 Å². The van der Waals surface area contributed by atoms with Gasteiger partial charge in [0, 0.05) is 17.3 Å². The maximum atomic E-state index is 11.9. The first-order valence-electron chi connectivity index (χ1n) is 6.42. The van der Waals surface area contributed by atoms with Gasteiger partial charge in [0.25, 0.3) is 0 Å². The van der Waals surface area contributed by atoms with Gasteiger partial charge in [-0.3, -0.25) is 4.98 Å². The number of esters is 1. The number of rotatable bonds is 4. The van der Waals surface area contributed by atoms with E-state index >= 15 is 0 Å². The zero-order chi connectivity index (χ0) is 14.5. The topological polar surface area (TPSA) is 39.2 Å². The summed E-state index contributed by atoms with van der Waals surface area (Å²) in [6, 6.07) is 13.4. The van der Waals surface area contributed by atoms with Gasteiger partial charge < -0.3 is 4.74 Å². The second kappa shape index (κ2) is 6.15. The van der Waals surface area contributed by atoms with Crippen LogP contribution in [0.1, 0.15) is 29.8 Å². The first-order valence-corrected chi connectivity index (χ1v) is 6.42. The van der Waals surface area contributed by atoms with Crippen LogP contribution < -0.4 is 0 Å². The average molecular weight is 267 g/mol. The molecule has 0 amide bonds. The number of hydrogen-bond donors (Lipinski definition) is 0. The molecule has 0 N–H and O–H groups in total. The van der Waals surface area contributed by atoms with Crippen LogP contribution >= 0.6 is 0 Å². The van der Waals surface area contributed by atoms with Gasteiger partial charge in [0.05, 0.1) is 5.69 Å². The summed E-state index contributed by atoms with van der Waals surface area (Å²) in [4.78, 5) is 16.2. The van der Waals surface area contributed by atoms with Gasteiger partial charge in [-0.2, -0.15) is 0 Å². The lowest BCUT2D eigenvalue weighted by molar-refractivity contribution is -0.142. The predicted molar refractivity (Wildman–Crippen MR) is 78.2 cm³/mol. The number of benzene rings is 1. The van der Waals surface area contributed by atoms with Crippen LogP contribution in [0.2, 0.25) is 0 Å². The Hall–Kier alpha value is -2.42. The summed E-state index contributed by atoms with van der Waals surface area (Å²) in [6.45, 7) is 7.24. The molecule has 0 radical (unpaired) electrons. The minimum absolute atomic E-state index is 0.375. The molecule has 0 saturated carbocycles. The number of aromatic nitrogens is 1. The lowest BCUT2D eigenvalue weighted by Crippen LogP contribution is -2.15. The van der Waals surface area contributed by atoms with Gasteiger partial charge in [-0.25, -0.2) is 4.79 Å². The Balaban J connectivity index is 2.42. The fraction of sp³-hybridized carbons (Fsp3) is 0.176. The molecular formula is C17H17NO2. The third kappa shape index (κ3) is 3.12. The minimum Gasteiger partial charge on any atom is -0.448 e. The maximum Gasteiger partial charge on any atom is 0.334 e. The van der Waals surface area contributed by atoms with Crippen LogP contribution in [-0.2, 0) is 9.53 Å². The Morgan fingerprint density at radius 3 is 2.50 bits per heavy atom. The molecular weight excluding hydrogens is 250 g/mol. The van der Waals surface area contributed by atoms with E-state index in [0.717, 1.165) is 11.1 Å². The van der Waals surface area contributed by atoms with E-state index in [9.17, 15) is 4.79 Å². The molecule has 102 valence electrons. The Morgan fingerprint density at radius 1 is 1.20 bits per heavy atom. The highest BCUT2D eigenvalue weighted by Crippen LogP contribution is 2.27.